The van der Waals surface area contributed by atoms with Crippen molar-refractivity contribution in [2.24, 2.45) is 0 Å². The number of hydrogen-bond acceptors (Lipinski definition) is 7. The molecule has 0 saturated carbocycles. The Hall–Kier alpha value is -4.19. The number of carbonyl (C=O) groups is 2. The maximum absolute atomic E-state index is 12.7. The molecular formula is C25H26N4O5. The van der Waals surface area contributed by atoms with Gasteiger partial charge in [0, 0.05) is 30.4 Å². The third kappa shape index (κ3) is 6.19. The third-order valence-electron chi connectivity index (χ3n) is 5.48. The molecule has 2 aromatic carbocycles. The Morgan fingerprint density at radius 3 is 2.41 bits per heavy atom. The van der Waals surface area contributed by atoms with E-state index in [0.29, 0.717) is 16.9 Å². The van der Waals surface area contributed by atoms with Crippen molar-refractivity contribution in [1.82, 2.24) is 0 Å². The third-order valence-corrected chi connectivity index (χ3v) is 5.48. The number of nitrogens with one attached hydrogen (secondary N) is 1. The normalized spacial score (nSPS) is 14.0. The van der Waals surface area contributed by atoms with Crippen LogP contribution in [0.1, 0.15) is 48.5 Å². The van der Waals surface area contributed by atoms with Crippen LogP contribution in [0.4, 0.5) is 17.1 Å². The molecule has 176 valence electrons. The summed E-state index contributed by atoms with van der Waals surface area (Å²) in [6.45, 7) is 3.34. The van der Waals surface area contributed by atoms with Crippen molar-refractivity contribution in [3.63, 3.8) is 0 Å². The molecular weight excluding hydrogens is 436 g/mol. The molecule has 0 radical (unpaired) electrons. The highest BCUT2D eigenvalue weighted by molar-refractivity contribution is 6.05. The fourth-order valence-corrected chi connectivity index (χ4v) is 3.77. The predicted molar refractivity (Wildman–Crippen MR) is 128 cm³/mol. The molecule has 0 spiro atoms. The Morgan fingerprint density at radius 2 is 1.82 bits per heavy atom. The van der Waals surface area contributed by atoms with Gasteiger partial charge in [0.25, 0.3) is 11.6 Å². The van der Waals surface area contributed by atoms with Crippen LogP contribution < -0.4 is 10.2 Å². The van der Waals surface area contributed by atoms with Gasteiger partial charge in [-0.05, 0) is 55.7 Å². The van der Waals surface area contributed by atoms with E-state index in [2.05, 4.69) is 5.32 Å². The van der Waals surface area contributed by atoms with E-state index in [9.17, 15) is 19.7 Å². The molecule has 1 heterocycles. The Morgan fingerprint density at radius 1 is 1.15 bits per heavy atom. The molecule has 0 aliphatic carbocycles. The van der Waals surface area contributed by atoms with Crippen LogP contribution in [0.3, 0.4) is 0 Å². The first-order valence-electron chi connectivity index (χ1n) is 11.2. The minimum absolute atomic E-state index is 0.0852. The second-order valence-corrected chi connectivity index (χ2v) is 7.83. The van der Waals surface area contributed by atoms with Gasteiger partial charge >= 0.3 is 5.97 Å². The molecule has 9 nitrogen and oxygen atoms in total. The first-order valence-corrected chi connectivity index (χ1v) is 11.2. The number of anilines is 2. The van der Waals surface area contributed by atoms with E-state index in [1.165, 1.54) is 12.1 Å². The molecule has 1 saturated heterocycles. The molecule has 1 fully saturated rings. The van der Waals surface area contributed by atoms with E-state index in [1.54, 1.807) is 43.3 Å². The summed E-state index contributed by atoms with van der Waals surface area (Å²) in [5.74, 6) is -1.18. The highest BCUT2D eigenvalue weighted by atomic mass is 16.6. The van der Waals surface area contributed by atoms with Gasteiger partial charge in [0.05, 0.1) is 11.5 Å². The van der Waals surface area contributed by atoms with Crippen LogP contribution in [0.25, 0.3) is 6.08 Å². The quantitative estimate of drug-likeness (QED) is 0.208. The number of nitro groups is 1. The first kappa shape index (κ1) is 24.5. The molecule has 0 aromatic heterocycles. The van der Waals surface area contributed by atoms with Crippen LogP contribution in [0.15, 0.2) is 48.0 Å². The van der Waals surface area contributed by atoms with E-state index in [-0.39, 0.29) is 23.4 Å². The zero-order valence-electron chi connectivity index (χ0n) is 19.0. The average Bonchev–Trinajstić information content (AvgIpc) is 3.12. The summed E-state index contributed by atoms with van der Waals surface area (Å²) >= 11 is 0. The lowest BCUT2D eigenvalue weighted by molar-refractivity contribution is -0.384. The number of hydrogen-bond donors (Lipinski definition) is 1. The SMILES string of the molecule is CCOC(=O)/C(C#N)=C/c1ccc(NC(=O)c2ccc(N3CCCCCC3)c([N+](=O)[O-])c2)cc1. The summed E-state index contributed by atoms with van der Waals surface area (Å²) in [4.78, 5) is 37.8. The molecule has 1 N–H and O–H groups in total. The number of nitriles is 1. The molecule has 2 aromatic rings. The van der Waals surface area contributed by atoms with E-state index in [1.807, 2.05) is 11.0 Å². The number of rotatable bonds is 7. The molecule has 0 unspecified atom stereocenters. The van der Waals surface area contributed by atoms with Crippen molar-refractivity contribution in [2.75, 3.05) is 29.9 Å². The highest BCUT2D eigenvalue weighted by Crippen LogP contribution is 2.31. The van der Waals surface area contributed by atoms with Gasteiger partial charge in [-0.25, -0.2) is 4.79 Å². The van der Waals surface area contributed by atoms with Crippen molar-refractivity contribution in [3.05, 3.63) is 69.3 Å². The van der Waals surface area contributed by atoms with Gasteiger partial charge in [-0.2, -0.15) is 5.26 Å². The van der Waals surface area contributed by atoms with Crippen LogP contribution in [0.5, 0.6) is 0 Å². The van der Waals surface area contributed by atoms with Crippen LogP contribution >= 0.6 is 0 Å². The summed E-state index contributed by atoms with van der Waals surface area (Å²) in [7, 11) is 0. The summed E-state index contributed by atoms with van der Waals surface area (Å²) < 4.78 is 4.83. The standard InChI is InChI=1S/C25H26N4O5/c1-2-34-25(31)20(17-26)15-18-7-10-21(11-8-18)27-24(30)19-9-12-22(23(16-19)29(32)33)28-13-5-3-4-6-14-28/h7-12,15-16H,2-6,13-14H2,1H3,(H,27,30)/b20-15+. The second kappa shape index (κ2) is 11.6. The minimum atomic E-state index is -0.701. The Bertz CT molecular complexity index is 1130. The Kier molecular flexibility index (Phi) is 8.35. The first-order chi connectivity index (χ1) is 16.4. The van der Waals surface area contributed by atoms with Crippen molar-refractivity contribution in [1.29, 1.82) is 5.26 Å². The summed E-state index contributed by atoms with van der Waals surface area (Å²) in [5, 5.41) is 23.6. The molecule has 0 bridgehead atoms. The van der Waals surface area contributed by atoms with Crippen molar-refractivity contribution >= 4 is 35.0 Å². The maximum atomic E-state index is 12.7. The zero-order chi connectivity index (χ0) is 24.5. The number of ether oxygens (including phenoxy) is 1. The summed E-state index contributed by atoms with van der Waals surface area (Å²) in [5.41, 5.74) is 1.56. The van der Waals surface area contributed by atoms with Crippen LogP contribution in [0, 0.1) is 21.4 Å². The topological polar surface area (TPSA) is 126 Å². The number of carbonyl (C=O) groups excluding carboxylic acids is 2. The van der Waals surface area contributed by atoms with Crippen LogP contribution in [-0.2, 0) is 9.53 Å². The van der Waals surface area contributed by atoms with E-state index in [0.717, 1.165) is 38.8 Å². The second-order valence-electron chi connectivity index (χ2n) is 7.83. The number of esters is 1. The molecule has 1 aliphatic heterocycles. The lowest BCUT2D eigenvalue weighted by Crippen LogP contribution is -2.25. The van der Waals surface area contributed by atoms with Crippen molar-refractivity contribution in [3.8, 4) is 6.07 Å². The van der Waals surface area contributed by atoms with Crippen LogP contribution in [-0.4, -0.2) is 36.5 Å². The van der Waals surface area contributed by atoms with E-state index in [4.69, 9.17) is 10.00 Å². The van der Waals surface area contributed by atoms with Gasteiger partial charge in [-0.3, -0.25) is 14.9 Å². The smallest absolute Gasteiger partial charge is 0.348 e. The van der Waals surface area contributed by atoms with Crippen LogP contribution in [0.2, 0.25) is 0 Å². The number of amides is 1. The minimum Gasteiger partial charge on any atom is -0.462 e. The van der Waals surface area contributed by atoms with E-state index >= 15 is 0 Å². The van der Waals surface area contributed by atoms with Gasteiger partial charge in [0.15, 0.2) is 0 Å². The number of nitro benzene ring substituents is 1. The fraction of sp³-hybridized carbons (Fsp3) is 0.320. The molecule has 3 rings (SSSR count). The lowest BCUT2D eigenvalue weighted by Gasteiger charge is -2.22. The zero-order valence-corrected chi connectivity index (χ0v) is 19.0. The molecule has 1 amide bonds. The van der Waals surface area contributed by atoms with Crippen molar-refractivity contribution in [2.45, 2.75) is 32.6 Å². The average molecular weight is 463 g/mol. The van der Waals surface area contributed by atoms with Gasteiger partial charge in [-0.1, -0.05) is 25.0 Å². The van der Waals surface area contributed by atoms with Gasteiger partial charge < -0.3 is 15.0 Å². The van der Waals surface area contributed by atoms with Crippen molar-refractivity contribution < 1.29 is 19.2 Å². The number of benzene rings is 2. The molecule has 34 heavy (non-hydrogen) atoms. The molecule has 1 aliphatic rings. The number of nitrogens with zero attached hydrogens (tertiary/aromatic N) is 3. The monoisotopic (exact) mass is 462 g/mol. The molecule has 9 heteroatoms. The van der Waals surface area contributed by atoms with Gasteiger partial charge in [0.2, 0.25) is 0 Å². The Balaban J connectivity index is 1.75. The largest absolute Gasteiger partial charge is 0.462 e. The molecule has 0 atom stereocenters. The Labute approximate surface area is 197 Å². The fourth-order valence-electron chi connectivity index (χ4n) is 3.77. The van der Waals surface area contributed by atoms with Gasteiger partial charge in [0.1, 0.15) is 17.3 Å². The maximum Gasteiger partial charge on any atom is 0.348 e. The predicted octanol–water partition coefficient (Wildman–Crippen LogP) is 4.70. The summed E-state index contributed by atoms with van der Waals surface area (Å²) in [6.07, 6.45) is 5.59. The van der Waals surface area contributed by atoms with E-state index < -0.39 is 16.8 Å². The summed E-state index contributed by atoms with van der Waals surface area (Å²) in [6, 6.07) is 12.9. The lowest BCUT2D eigenvalue weighted by atomic mass is 10.1. The highest BCUT2D eigenvalue weighted by Gasteiger charge is 2.22. The van der Waals surface area contributed by atoms with Gasteiger partial charge in [-0.15, -0.1) is 0 Å².